The van der Waals surface area contributed by atoms with E-state index in [1.54, 1.807) is 6.92 Å². The number of aromatic nitrogens is 1. The fourth-order valence-corrected chi connectivity index (χ4v) is 3.13. The highest BCUT2D eigenvalue weighted by Gasteiger charge is 2.26. The first-order chi connectivity index (χ1) is 12.6. The number of carbonyl (C=O) groups is 2. The molecule has 1 aliphatic heterocycles. The number of amides is 2. The van der Waals surface area contributed by atoms with Gasteiger partial charge < -0.3 is 19.9 Å². The Kier molecular flexibility index (Phi) is 8.34. The van der Waals surface area contributed by atoms with Gasteiger partial charge in [-0.15, -0.1) is 0 Å². The molecule has 0 bridgehead atoms. The number of urea groups is 1. The molecule has 1 fully saturated rings. The highest BCUT2D eigenvalue weighted by Crippen LogP contribution is 2.15. The van der Waals surface area contributed by atoms with E-state index >= 15 is 0 Å². The zero-order chi connectivity index (χ0) is 18.8. The average molecular weight is 362 g/mol. The molecule has 1 saturated heterocycles. The standard InChI is InChI=1S/C19H30N4O3/c1-3-26-18(24)9-12-21-19(25)23-13-6-8-17(15-23)22(2)14-10-16-7-4-5-11-20-16/h4-5,7,11,17H,3,6,8-10,12-15H2,1-2H3,(H,21,25)/t17-/m0/s1. The van der Waals surface area contributed by atoms with Crippen molar-refractivity contribution in [2.75, 3.05) is 39.8 Å². The van der Waals surface area contributed by atoms with Crippen molar-refractivity contribution in [3.63, 3.8) is 0 Å². The van der Waals surface area contributed by atoms with Crippen LogP contribution in [0.5, 0.6) is 0 Å². The van der Waals surface area contributed by atoms with Crippen LogP contribution >= 0.6 is 0 Å². The van der Waals surface area contributed by atoms with Crippen LogP contribution in [0.1, 0.15) is 31.9 Å². The number of ether oxygens (including phenoxy) is 1. The molecule has 7 nitrogen and oxygen atoms in total. The number of piperidine rings is 1. The van der Waals surface area contributed by atoms with Crippen LogP contribution in [-0.2, 0) is 16.0 Å². The van der Waals surface area contributed by atoms with Gasteiger partial charge in [0.15, 0.2) is 0 Å². The second-order valence-corrected chi connectivity index (χ2v) is 6.58. The monoisotopic (exact) mass is 362 g/mol. The number of likely N-dealkylation sites (N-methyl/N-ethyl adjacent to an activating group) is 1. The normalized spacial score (nSPS) is 17.2. The van der Waals surface area contributed by atoms with Gasteiger partial charge in [-0.2, -0.15) is 0 Å². The van der Waals surface area contributed by atoms with Crippen LogP contribution in [0.25, 0.3) is 0 Å². The number of esters is 1. The molecule has 0 aromatic carbocycles. The molecule has 0 unspecified atom stereocenters. The van der Waals surface area contributed by atoms with Crippen molar-refractivity contribution in [2.45, 2.75) is 38.6 Å². The Morgan fingerprint density at radius 2 is 2.27 bits per heavy atom. The van der Waals surface area contributed by atoms with Gasteiger partial charge in [0.1, 0.15) is 0 Å². The molecule has 0 radical (unpaired) electrons. The molecular weight excluding hydrogens is 332 g/mol. The fraction of sp³-hybridized carbons (Fsp3) is 0.632. The molecule has 1 aromatic heterocycles. The summed E-state index contributed by atoms with van der Waals surface area (Å²) in [5.74, 6) is -0.279. The van der Waals surface area contributed by atoms with Gasteiger partial charge in [0.05, 0.1) is 13.0 Å². The minimum Gasteiger partial charge on any atom is -0.466 e. The first-order valence-corrected chi connectivity index (χ1v) is 9.38. The topological polar surface area (TPSA) is 74.8 Å². The molecule has 0 spiro atoms. The third kappa shape index (κ3) is 6.63. The minimum atomic E-state index is -0.279. The third-order valence-corrected chi connectivity index (χ3v) is 4.66. The molecule has 2 amide bonds. The van der Waals surface area contributed by atoms with E-state index in [9.17, 15) is 9.59 Å². The number of hydrogen-bond acceptors (Lipinski definition) is 5. The molecule has 26 heavy (non-hydrogen) atoms. The lowest BCUT2D eigenvalue weighted by Crippen LogP contribution is -2.52. The second-order valence-electron chi connectivity index (χ2n) is 6.58. The number of pyridine rings is 1. The van der Waals surface area contributed by atoms with E-state index in [0.717, 1.165) is 38.0 Å². The van der Waals surface area contributed by atoms with Crippen LogP contribution in [0, 0.1) is 0 Å². The van der Waals surface area contributed by atoms with E-state index in [0.29, 0.717) is 25.7 Å². The van der Waals surface area contributed by atoms with Gasteiger partial charge in [-0.05, 0) is 38.9 Å². The maximum Gasteiger partial charge on any atom is 0.317 e. The van der Waals surface area contributed by atoms with Gasteiger partial charge in [-0.25, -0.2) is 4.79 Å². The Hall–Kier alpha value is -2.15. The van der Waals surface area contributed by atoms with E-state index in [4.69, 9.17) is 4.74 Å². The van der Waals surface area contributed by atoms with Gasteiger partial charge in [0.2, 0.25) is 0 Å². The molecule has 0 saturated carbocycles. The van der Waals surface area contributed by atoms with Gasteiger partial charge >= 0.3 is 12.0 Å². The smallest absolute Gasteiger partial charge is 0.317 e. The molecule has 7 heteroatoms. The van der Waals surface area contributed by atoms with Crippen molar-refractivity contribution < 1.29 is 14.3 Å². The summed E-state index contributed by atoms with van der Waals surface area (Å²) in [6.45, 7) is 4.84. The molecule has 2 heterocycles. The first kappa shape index (κ1) is 20.2. The maximum atomic E-state index is 12.3. The quantitative estimate of drug-likeness (QED) is 0.712. The van der Waals surface area contributed by atoms with Crippen LogP contribution in [0.4, 0.5) is 4.79 Å². The van der Waals surface area contributed by atoms with E-state index < -0.39 is 0 Å². The minimum absolute atomic E-state index is 0.0999. The lowest BCUT2D eigenvalue weighted by atomic mass is 10.0. The van der Waals surface area contributed by atoms with Gasteiger partial charge in [0, 0.05) is 50.5 Å². The number of rotatable bonds is 8. The first-order valence-electron chi connectivity index (χ1n) is 9.38. The molecule has 1 atom stereocenters. The fourth-order valence-electron chi connectivity index (χ4n) is 3.13. The van der Waals surface area contributed by atoms with Crippen molar-refractivity contribution in [1.82, 2.24) is 20.1 Å². The Bertz CT molecular complexity index is 567. The Labute approximate surface area is 155 Å². The van der Waals surface area contributed by atoms with Crippen LogP contribution in [0.3, 0.4) is 0 Å². The van der Waals surface area contributed by atoms with E-state index in [-0.39, 0.29) is 18.4 Å². The van der Waals surface area contributed by atoms with Gasteiger partial charge in [0.25, 0.3) is 0 Å². The van der Waals surface area contributed by atoms with Crippen LogP contribution < -0.4 is 5.32 Å². The predicted octanol–water partition coefficient (Wildman–Crippen LogP) is 1.68. The Morgan fingerprint density at radius 1 is 1.42 bits per heavy atom. The van der Waals surface area contributed by atoms with Crippen molar-refractivity contribution in [3.8, 4) is 0 Å². The summed E-state index contributed by atoms with van der Waals surface area (Å²) in [7, 11) is 2.11. The van der Waals surface area contributed by atoms with E-state index in [1.807, 2.05) is 29.3 Å². The predicted molar refractivity (Wildman–Crippen MR) is 99.8 cm³/mol. The summed E-state index contributed by atoms with van der Waals surface area (Å²) >= 11 is 0. The number of nitrogens with one attached hydrogen (secondary N) is 1. The van der Waals surface area contributed by atoms with Crippen molar-refractivity contribution in [3.05, 3.63) is 30.1 Å². The number of likely N-dealkylation sites (tertiary alicyclic amines) is 1. The zero-order valence-corrected chi connectivity index (χ0v) is 15.8. The summed E-state index contributed by atoms with van der Waals surface area (Å²) in [4.78, 5) is 32.2. The van der Waals surface area contributed by atoms with Crippen LogP contribution in [0.15, 0.2) is 24.4 Å². The zero-order valence-electron chi connectivity index (χ0n) is 15.8. The SMILES string of the molecule is CCOC(=O)CCNC(=O)N1CCC[C@H](N(C)CCc2ccccn2)C1. The van der Waals surface area contributed by atoms with Crippen molar-refractivity contribution in [1.29, 1.82) is 0 Å². The summed E-state index contributed by atoms with van der Waals surface area (Å²) in [6, 6.07) is 6.22. The van der Waals surface area contributed by atoms with E-state index in [1.165, 1.54) is 0 Å². The van der Waals surface area contributed by atoms with Crippen molar-refractivity contribution >= 4 is 12.0 Å². The lowest BCUT2D eigenvalue weighted by molar-refractivity contribution is -0.142. The largest absolute Gasteiger partial charge is 0.466 e. The molecule has 2 rings (SSSR count). The number of nitrogens with zero attached hydrogens (tertiary/aromatic N) is 3. The van der Waals surface area contributed by atoms with Gasteiger partial charge in [-0.3, -0.25) is 9.78 Å². The Balaban J connectivity index is 1.73. The van der Waals surface area contributed by atoms with Crippen LogP contribution in [0.2, 0.25) is 0 Å². The third-order valence-electron chi connectivity index (χ3n) is 4.66. The second kappa shape index (κ2) is 10.8. The number of carbonyl (C=O) groups excluding carboxylic acids is 2. The summed E-state index contributed by atoms with van der Waals surface area (Å²) in [6.07, 6.45) is 5.01. The van der Waals surface area contributed by atoms with Gasteiger partial charge in [-0.1, -0.05) is 6.07 Å². The molecule has 1 aromatic rings. The number of hydrogen-bond donors (Lipinski definition) is 1. The maximum absolute atomic E-state index is 12.3. The Morgan fingerprint density at radius 3 is 3.00 bits per heavy atom. The summed E-state index contributed by atoms with van der Waals surface area (Å²) in [5.41, 5.74) is 1.09. The lowest BCUT2D eigenvalue weighted by Gasteiger charge is -2.37. The summed E-state index contributed by atoms with van der Waals surface area (Å²) in [5, 5.41) is 2.82. The highest BCUT2D eigenvalue weighted by atomic mass is 16.5. The average Bonchev–Trinajstić information content (AvgIpc) is 2.67. The molecule has 144 valence electrons. The van der Waals surface area contributed by atoms with E-state index in [2.05, 4.69) is 22.2 Å². The molecular formula is C19H30N4O3. The summed E-state index contributed by atoms with van der Waals surface area (Å²) < 4.78 is 4.87. The van der Waals surface area contributed by atoms with Crippen LogP contribution in [-0.4, -0.2) is 72.7 Å². The molecule has 0 aliphatic carbocycles. The highest BCUT2D eigenvalue weighted by molar-refractivity contribution is 5.75. The molecule has 1 aliphatic rings. The molecule has 1 N–H and O–H groups in total. The van der Waals surface area contributed by atoms with Crippen molar-refractivity contribution in [2.24, 2.45) is 0 Å².